The third-order valence-corrected chi connectivity index (χ3v) is 3.05. The van der Waals surface area contributed by atoms with E-state index < -0.39 is 0 Å². The van der Waals surface area contributed by atoms with E-state index in [1.807, 2.05) is 4.57 Å². The Balaban J connectivity index is 2.01. The molecule has 1 aliphatic rings. The number of aliphatic hydroxyl groups is 1. The number of nitrogens with zero attached hydrogens (tertiary/aromatic N) is 4. The topological polar surface area (TPSA) is 99.1 Å². The Morgan fingerprint density at radius 3 is 3.12 bits per heavy atom. The van der Waals surface area contributed by atoms with E-state index in [4.69, 9.17) is 15.6 Å². The lowest BCUT2D eigenvalue weighted by atomic mass is 10.2. The van der Waals surface area contributed by atoms with Gasteiger partial charge in [-0.05, 0) is 6.42 Å². The monoisotopic (exact) mass is 235 g/mol. The zero-order valence-corrected chi connectivity index (χ0v) is 9.15. The van der Waals surface area contributed by atoms with E-state index in [1.165, 1.54) is 6.33 Å². The smallest absolute Gasteiger partial charge is 0.182 e. The highest BCUT2D eigenvalue weighted by molar-refractivity contribution is 5.81. The average Bonchev–Trinajstić information content (AvgIpc) is 2.94. The van der Waals surface area contributed by atoms with Gasteiger partial charge >= 0.3 is 0 Å². The van der Waals surface area contributed by atoms with E-state index >= 15 is 0 Å². The Bertz CT molecular complexity index is 540. The Morgan fingerprint density at radius 2 is 2.35 bits per heavy atom. The summed E-state index contributed by atoms with van der Waals surface area (Å²) in [5, 5.41) is 9.05. The first-order chi connectivity index (χ1) is 8.29. The molecule has 2 aromatic rings. The van der Waals surface area contributed by atoms with Gasteiger partial charge in [0.1, 0.15) is 11.8 Å². The van der Waals surface area contributed by atoms with Crippen molar-refractivity contribution >= 4 is 17.0 Å². The quantitative estimate of drug-likeness (QED) is 0.743. The standard InChI is InChI=1S/C10H13N5O2/c11-9-8-10(13-4-12-9)14-5-15(8)6-1-7(2-16)17-3-6/h4-7,16H,1-3H2,(H2,11,12,13)/t6-,7-/m1/s1. The minimum absolute atomic E-state index is 0.0368. The Kier molecular flexibility index (Phi) is 2.41. The second-order valence-electron chi connectivity index (χ2n) is 4.11. The Labute approximate surface area is 97.3 Å². The summed E-state index contributed by atoms with van der Waals surface area (Å²) in [6, 6.07) is 0.130. The van der Waals surface area contributed by atoms with Gasteiger partial charge in [-0.2, -0.15) is 0 Å². The second kappa shape index (κ2) is 3.94. The summed E-state index contributed by atoms with van der Waals surface area (Å²) in [6.45, 7) is 0.583. The fourth-order valence-corrected chi connectivity index (χ4v) is 2.18. The minimum Gasteiger partial charge on any atom is -0.394 e. The molecule has 7 heteroatoms. The molecular weight excluding hydrogens is 222 g/mol. The van der Waals surface area contributed by atoms with Crippen LogP contribution in [0.25, 0.3) is 11.2 Å². The van der Waals surface area contributed by atoms with E-state index in [-0.39, 0.29) is 18.8 Å². The number of nitrogen functional groups attached to an aromatic ring is 1. The molecule has 7 nitrogen and oxygen atoms in total. The highest BCUT2D eigenvalue weighted by atomic mass is 16.5. The molecule has 0 radical (unpaired) electrons. The summed E-state index contributed by atoms with van der Waals surface area (Å²) < 4.78 is 7.38. The highest BCUT2D eigenvalue weighted by Gasteiger charge is 2.27. The maximum Gasteiger partial charge on any atom is 0.182 e. The minimum atomic E-state index is -0.108. The third kappa shape index (κ3) is 1.63. The third-order valence-electron chi connectivity index (χ3n) is 3.05. The first kappa shape index (κ1) is 10.4. The van der Waals surface area contributed by atoms with Crippen molar-refractivity contribution in [3.8, 4) is 0 Å². The van der Waals surface area contributed by atoms with Crippen molar-refractivity contribution < 1.29 is 9.84 Å². The van der Waals surface area contributed by atoms with Crippen molar-refractivity contribution in [1.82, 2.24) is 19.5 Å². The number of aliphatic hydroxyl groups excluding tert-OH is 1. The van der Waals surface area contributed by atoms with Crippen molar-refractivity contribution in [2.45, 2.75) is 18.6 Å². The Morgan fingerprint density at radius 1 is 1.47 bits per heavy atom. The van der Waals surface area contributed by atoms with Gasteiger partial charge in [0.15, 0.2) is 11.5 Å². The van der Waals surface area contributed by atoms with Crippen LogP contribution >= 0.6 is 0 Å². The molecular formula is C10H13N5O2. The summed E-state index contributed by atoms with van der Waals surface area (Å²) in [6.07, 6.45) is 3.74. The molecule has 0 unspecified atom stereocenters. The molecule has 3 rings (SSSR count). The Hall–Kier alpha value is -1.73. The van der Waals surface area contributed by atoms with Crippen LogP contribution < -0.4 is 5.73 Å². The van der Waals surface area contributed by atoms with Crippen molar-refractivity contribution in [2.75, 3.05) is 18.9 Å². The average molecular weight is 235 g/mol. The van der Waals surface area contributed by atoms with E-state index in [0.717, 1.165) is 11.9 Å². The van der Waals surface area contributed by atoms with Crippen LogP contribution in [-0.2, 0) is 4.74 Å². The summed E-state index contributed by atoms with van der Waals surface area (Å²) in [7, 11) is 0. The van der Waals surface area contributed by atoms with Crippen LogP contribution in [0.1, 0.15) is 12.5 Å². The summed E-state index contributed by atoms with van der Waals surface area (Å²) in [4.78, 5) is 12.2. The molecule has 0 amide bonds. The van der Waals surface area contributed by atoms with Crippen molar-refractivity contribution in [1.29, 1.82) is 0 Å². The van der Waals surface area contributed by atoms with Crippen LogP contribution in [-0.4, -0.2) is 43.9 Å². The summed E-state index contributed by atoms with van der Waals surface area (Å²) in [5.41, 5.74) is 7.16. The largest absolute Gasteiger partial charge is 0.394 e. The lowest BCUT2D eigenvalue weighted by Crippen LogP contribution is -2.11. The predicted molar refractivity (Wildman–Crippen MR) is 60.2 cm³/mol. The zero-order chi connectivity index (χ0) is 11.8. The van der Waals surface area contributed by atoms with Crippen LogP contribution in [0.15, 0.2) is 12.7 Å². The number of nitrogens with two attached hydrogens (primary N) is 1. The second-order valence-corrected chi connectivity index (χ2v) is 4.11. The molecule has 3 heterocycles. The first-order valence-electron chi connectivity index (χ1n) is 5.45. The SMILES string of the molecule is Nc1ncnc2ncn([C@H]3CO[C@@H](CO)C3)c12. The molecule has 1 saturated heterocycles. The molecule has 1 fully saturated rings. The first-order valence-corrected chi connectivity index (χ1v) is 5.45. The normalized spacial score (nSPS) is 24.5. The number of hydrogen-bond acceptors (Lipinski definition) is 6. The fourth-order valence-electron chi connectivity index (χ4n) is 2.18. The number of rotatable bonds is 2. The molecule has 2 atom stereocenters. The molecule has 1 aliphatic heterocycles. The van der Waals surface area contributed by atoms with E-state index in [2.05, 4.69) is 15.0 Å². The van der Waals surface area contributed by atoms with Gasteiger partial charge < -0.3 is 20.1 Å². The van der Waals surface area contributed by atoms with Gasteiger partial charge in [0, 0.05) is 0 Å². The molecule has 17 heavy (non-hydrogen) atoms. The van der Waals surface area contributed by atoms with E-state index in [9.17, 15) is 0 Å². The van der Waals surface area contributed by atoms with Gasteiger partial charge in [-0.1, -0.05) is 0 Å². The summed E-state index contributed by atoms with van der Waals surface area (Å²) in [5.74, 6) is 0.417. The molecule has 3 N–H and O–H groups in total. The maximum absolute atomic E-state index is 9.05. The van der Waals surface area contributed by atoms with E-state index in [1.54, 1.807) is 6.33 Å². The van der Waals surface area contributed by atoms with Crippen LogP contribution in [0, 0.1) is 0 Å². The van der Waals surface area contributed by atoms with Crippen molar-refractivity contribution in [2.24, 2.45) is 0 Å². The molecule has 0 saturated carbocycles. The number of ether oxygens (including phenoxy) is 1. The van der Waals surface area contributed by atoms with Crippen molar-refractivity contribution in [3.05, 3.63) is 12.7 Å². The summed E-state index contributed by atoms with van der Waals surface area (Å²) >= 11 is 0. The van der Waals surface area contributed by atoms with Crippen LogP contribution in [0.2, 0.25) is 0 Å². The maximum atomic E-state index is 9.05. The van der Waals surface area contributed by atoms with Crippen LogP contribution in [0.3, 0.4) is 0 Å². The number of imidazole rings is 1. The zero-order valence-electron chi connectivity index (χ0n) is 9.15. The number of aromatic nitrogens is 4. The van der Waals surface area contributed by atoms with Gasteiger partial charge in [0.2, 0.25) is 0 Å². The molecule has 0 spiro atoms. The van der Waals surface area contributed by atoms with Gasteiger partial charge in [-0.15, -0.1) is 0 Å². The van der Waals surface area contributed by atoms with Gasteiger partial charge in [-0.25, -0.2) is 15.0 Å². The molecule has 90 valence electrons. The molecule has 0 bridgehead atoms. The van der Waals surface area contributed by atoms with Crippen LogP contribution in [0.4, 0.5) is 5.82 Å². The lowest BCUT2D eigenvalue weighted by molar-refractivity contribution is 0.0576. The number of fused-ring (bicyclic) bond motifs is 1. The lowest BCUT2D eigenvalue weighted by Gasteiger charge is -2.11. The van der Waals surface area contributed by atoms with Gasteiger partial charge in [0.05, 0.1) is 31.7 Å². The molecule has 0 aromatic carbocycles. The molecule has 0 aliphatic carbocycles. The van der Waals surface area contributed by atoms with Crippen molar-refractivity contribution in [3.63, 3.8) is 0 Å². The predicted octanol–water partition coefficient (Wildman–Crippen LogP) is -0.269. The number of hydrogen-bond donors (Lipinski definition) is 2. The van der Waals surface area contributed by atoms with Crippen LogP contribution in [0.5, 0.6) is 0 Å². The molecule has 2 aromatic heterocycles. The van der Waals surface area contributed by atoms with Gasteiger partial charge in [0.25, 0.3) is 0 Å². The van der Waals surface area contributed by atoms with Gasteiger partial charge in [-0.3, -0.25) is 0 Å². The van der Waals surface area contributed by atoms with E-state index in [0.29, 0.717) is 18.1 Å². The fraction of sp³-hybridized carbons (Fsp3) is 0.500. The highest BCUT2D eigenvalue weighted by Crippen LogP contribution is 2.28. The number of anilines is 1.